The van der Waals surface area contributed by atoms with E-state index in [9.17, 15) is 4.79 Å². The number of carbonyl (C=O) groups excluding carboxylic acids is 1. The highest BCUT2D eigenvalue weighted by atomic mass is 16.5. The van der Waals surface area contributed by atoms with E-state index in [1.54, 1.807) is 30.2 Å². The first-order valence-corrected chi connectivity index (χ1v) is 6.81. The second kappa shape index (κ2) is 9.94. The fourth-order valence-corrected chi connectivity index (χ4v) is 1.77. The van der Waals surface area contributed by atoms with Crippen molar-refractivity contribution in [3.63, 3.8) is 0 Å². The molecule has 0 spiro atoms. The maximum Gasteiger partial charge on any atom is 0.254 e. The van der Waals surface area contributed by atoms with Gasteiger partial charge in [0.05, 0.1) is 19.8 Å². The van der Waals surface area contributed by atoms with Crippen molar-refractivity contribution < 1.29 is 19.7 Å². The van der Waals surface area contributed by atoms with Crippen molar-refractivity contribution in [2.75, 3.05) is 40.0 Å². The Balaban J connectivity index is 2.84. The van der Waals surface area contributed by atoms with E-state index in [1.165, 1.54) is 0 Å². The number of ether oxygens (including phenoxy) is 1. The van der Waals surface area contributed by atoms with Gasteiger partial charge >= 0.3 is 0 Å². The Labute approximate surface area is 125 Å². The summed E-state index contributed by atoms with van der Waals surface area (Å²) in [4.78, 5) is 13.9. The fraction of sp³-hybridized carbons (Fsp3) is 0.438. The zero-order valence-corrected chi connectivity index (χ0v) is 12.2. The molecule has 0 aliphatic rings. The lowest BCUT2D eigenvalue weighted by Gasteiger charge is -2.21. The van der Waals surface area contributed by atoms with Crippen LogP contribution in [0.5, 0.6) is 0 Å². The van der Waals surface area contributed by atoms with Crippen molar-refractivity contribution in [1.82, 2.24) is 4.90 Å². The van der Waals surface area contributed by atoms with Gasteiger partial charge in [-0.15, -0.1) is 0 Å². The van der Waals surface area contributed by atoms with Crippen molar-refractivity contribution in [3.8, 4) is 11.8 Å². The zero-order valence-electron chi connectivity index (χ0n) is 12.2. The largest absolute Gasteiger partial charge is 0.395 e. The highest BCUT2D eigenvalue weighted by Gasteiger charge is 2.15. The van der Waals surface area contributed by atoms with E-state index >= 15 is 0 Å². The number of benzene rings is 1. The van der Waals surface area contributed by atoms with E-state index in [-0.39, 0.29) is 25.7 Å². The lowest BCUT2D eigenvalue weighted by Crippen LogP contribution is -2.36. The molecule has 0 aliphatic carbocycles. The molecule has 0 bridgehead atoms. The third-order valence-electron chi connectivity index (χ3n) is 2.80. The molecular weight excluding hydrogens is 270 g/mol. The molecule has 0 aliphatic heterocycles. The molecule has 21 heavy (non-hydrogen) atoms. The molecule has 0 heterocycles. The molecular formula is C16H21NO4. The summed E-state index contributed by atoms with van der Waals surface area (Å²) in [6.45, 7) is 1.04. The second-order valence-corrected chi connectivity index (χ2v) is 4.36. The van der Waals surface area contributed by atoms with Crippen LogP contribution in [0.25, 0.3) is 0 Å². The summed E-state index contributed by atoms with van der Waals surface area (Å²) in [5.74, 6) is 5.56. The molecule has 0 saturated carbocycles. The Hall–Kier alpha value is -1.87. The number of hydrogen-bond acceptors (Lipinski definition) is 4. The standard InChI is InChI=1S/C16H21NO4/c1-21-12-9-17(8-11-19)16(20)15-7-4-6-14(13-15)5-2-3-10-18/h4,6-7,13,18-19H,3,8-12H2,1H3. The van der Waals surface area contributed by atoms with Gasteiger partial charge in [0.15, 0.2) is 0 Å². The Bertz CT molecular complexity index is 504. The molecule has 0 aromatic heterocycles. The van der Waals surface area contributed by atoms with E-state index in [0.717, 1.165) is 5.56 Å². The van der Waals surface area contributed by atoms with Crippen LogP contribution in [-0.4, -0.2) is 61.0 Å². The van der Waals surface area contributed by atoms with Gasteiger partial charge in [-0.05, 0) is 18.2 Å². The zero-order chi connectivity index (χ0) is 15.5. The van der Waals surface area contributed by atoms with Crippen LogP contribution in [0.15, 0.2) is 24.3 Å². The monoisotopic (exact) mass is 291 g/mol. The maximum atomic E-state index is 12.4. The maximum absolute atomic E-state index is 12.4. The van der Waals surface area contributed by atoms with Crippen LogP contribution in [0.3, 0.4) is 0 Å². The molecule has 2 N–H and O–H groups in total. The number of hydrogen-bond donors (Lipinski definition) is 2. The summed E-state index contributed by atoms with van der Waals surface area (Å²) in [7, 11) is 1.57. The van der Waals surface area contributed by atoms with Gasteiger partial charge in [-0.1, -0.05) is 17.9 Å². The average molecular weight is 291 g/mol. The van der Waals surface area contributed by atoms with Crippen LogP contribution in [0.1, 0.15) is 22.3 Å². The van der Waals surface area contributed by atoms with Crippen molar-refractivity contribution in [2.24, 2.45) is 0 Å². The van der Waals surface area contributed by atoms with Crippen LogP contribution < -0.4 is 0 Å². The lowest BCUT2D eigenvalue weighted by atomic mass is 10.1. The van der Waals surface area contributed by atoms with Crippen LogP contribution in [0.4, 0.5) is 0 Å². The van der Waals surface area contributed by atoms with Crippen molar-refractivity contribution in [2.45, 2.75) is 6.42 Å². The van der Waals surface area contributed by atoms with Gasteiger partial charge in [0.2, 0.25) is 0 Å². The number of nitrogens with zero attached hydrogens (tertiary/aromatic N) is 1. The van der Waals surface area contributed by atoms with Gasteiger partial charge in [0, 0.05) is 37.7 Å². The minimum Gasteiger partial charge on any atom is -0.395 e. The predicted octanol–water partition coefficient (Wildman–Crippen LogP) is 0.501. The number of aliphatic hydroxyl groups excluding tert-OH is 2. The quantitative estimate of drug-likeness (QED) is 0.718. The molecule has 5 nitrogen and oxygen atoms in total. The second-order valence-electron chi connectivity index (χ2n) is 4.36. The molecule has 0 fully saturated rings. The molecule has 1 aromatic rings. The lowest BCUT2D eigenvalue weighted by molar-refractivity contribution is 0.0656. The molecule has 1 amide bonds. The molecule has 0 unspecified atom stereocenters. The van der Waals surface area contributed by atoms with Gasteiger partial charge in [0.25, 0.3) is 5.91 Å². The van der Waals surface area contributed by atoms with Gasteiger partial charge in [-0.25, -0.2) is 0 Å². The normalized spacial score (nSPS) is 9.86. The van der Waals surface area contributed by atoms with Gasteiger partial charge < -0.3 is 19.8 Å². The molecule has 0 radical (unpaired) electrons. The third kappa shape index (κ3) is 5.96. The van der Waals surface area contributed by atoms with E-state index in [2.05, 4.69) is 11.8 Å². The van der Waals surface area contributed by atoms with E-state index in [4.69, 9.17) is 14.9 Å². The van der Waals surface area contributed by atoms with E-state index in [0.29, 0.717) is 25.1 Å². The number of methoxy groups -OCH3 is 1. The topological polar surface area (TPSA) is 70.0 Å². The summed E-state index contributed by atoms with van der Waals surface area (Å²) in [6, 6.07) is 7.01. The highest BCUT2D eigenvalue weighted by Crippen LogP contribution is 2.08. The van der Waals surface area contributed by atoms with Crippen molar-refractivity contribution in [3.05, 3.63) is 35.4 Å². The Kier molecular flexibility index (Phi) is 8.14. The number of aliphatic hydroxyl groups is 2. The number of rotatable bonds is 7. The van der Waals surface area contributed by atoms with Gasteiger partial charge in [0.1, 0.15) is 0 Å². The summed E-state index contributed by atoms with van der Waals surface area (Å²) >= 11 is 0. The minimum absolute atomic E-state index is 0.0208. The van der Waals surface area contributed by atoms with Crippen LogP contribution in [0, 0.1) is 11.8 Å². The van der Waals surface area contributed by atoms with Crippen molar-refractivity contribution in [1.29, 1.82) is 0 Å². The molecule has 1 aromatic carbocycles. The molecule has 0 atom stereocenters. The predicted molar refractivity (Wildman–Crippen MR) is 79.9 cm³/mol. The van der Waals surface area contributed by atoms with E-state index in [1.807, 2.05) is 6.07 Å². The molecule has 5 heteroatoms. The molecule has 114 valence electrons. The van der Waals surface area contributed by atoms with Crippen LogP contribution in [-0.2, 0) is 4.74 Å². The highest BCUT2D eigenvalue weighted by molar-refractivity contribution is 5.94. The first-order chi connectivity index (χ1) is 10.2. The molecule has 0 saturated heterocycles. The van der Waals surface area contributed by atoms with Crippen LogP contribution in [0.2, 0.25) is 0 Å². The smallest absolute Gasteiger partial charge is 0.254 e. The third-order valence-corrected chi connectivity index (χ3v) is 2.80. The number of amides is 1. The Morgan fingerprint density at radius 1 is 1.29 bits per heavy atom. The van der Waals surface area contributed by atoms with Crippen LogP contribution >= 0.6 is 0 Å². The Morgan fingerprint density at radius 2 is 2.10 bits per heavy atom. The summed E-state index contributed by atoms with van der Waals surface area (Å²) in [5.41, 5.74) is 1.25. The minimum atomic E-state index is -0.160. The van der Waals surface area contributed by atoms with E-state index < -0.39 is 0 Å². The summed E-state index contributed by atoms with van der Waals surface area (Å²) < 4.78 is 4.97. The summed E-state index contributed by atoms with van der Waals surface area (Å²) in [5, 5.41) is 17.8. The molecule has 1 rings (SSSR count). The first-order valence-electron chi connectivity index (χ1n) is 6.81. The summed E-state index contributed by atoms with van der Waals surface area (Å²) in [6.07, 6.45) is 0.405. The average Bonchev–Trinajstić information content (AvgIpc) is 2.51. The SMILES string of the molecule is COCCN(CCO)C(=O)c1cccc(C#CCCO)c1. The van der Waals surface area contributed by atoms with Gasteiger partial charge in [-0.2, -0.15) is 0 Å². The number of carbonyl (C=O) groups is 1. The van der Waals surface area contributed by atoms with Gasteiger partial charge in [-0.3, -0.25) is 4.79 Å². The Morgan fingerprint density at radius 3 is 2.76 bits per heavy atom. The first kappa shape index (κ1) is 17.2. The fourth-order valence-electron chi connectivity index (χ4n) is 1.77. The van der Waals surface area contributed by atoms with Crippen molar-refractivity contribution >= 4 is 5.91 Å².